The number of hydrogen-bond donors (Lipinski definition) is 0. The molecule has 0 saturated carbocycles. The molecule has 0 aliphatic rings. The molecule has 3 nitrogen and oxygen atoms in total. The summed E-state index contributed by atoms with van der Waals surface area (Å²) in [5, 5.41) is 0.968. The summed E-state index contributed by atoms with van der Waals surface area (Å²) < 4.78 is 26.8. The van der Waals surface area contributed by atoms with Crippen molar-refractivity contribution in [2.45, 2.75) is 5.75 Å². The second-order valence-corrected chi connectivity index (χ2v) is 10.5. The monoisotopic (exact) mass is 506 g/mol. The standard InChI is InChI=1S/C28H20Cl2O3S/c29-25-14-8-21(9-15-25)19-34(32,33)27(28(31)24-12-16-26(30)17-13-24)18-20-6-10-23(11-7-20)22-4-2-1-3-5-22/h1-18H,19H2/b27-18+. The first-order valence-electron chi connectivity index (χ1n) is 10.5. The maximum Gasteiger partial charge on any atom is 0.204 e. The van der Waals surface area contributed by atoms with E-state index in [9.17, 15) is 13.2 Å². The van der Waals surface area contributed by atoms with Gasteiger partial charge in [0.05, 0.1) is 5.75 Å². The third kappa shape index (κ3) is 5.84. The zero-order chi connectivity index (χ0) is 24.1. The van der Waals surface area contributed by atoms with Crippen LogP contribution < -0.4 is 0 Å². The van der Waals surface area contributed by atoms with Gasteiger partial charge in [-0.15, -0.1) is 0 Å². The second kappa shape index (κ2) is 10.4. The van der Waals surface area contributed by atoms with Crippen molar-refractivity contribution in [2.24, 2.45) is 0 Å². The van der Waals surface area contributed by atoms with Crippen LogP contribution in [0.2, 0.25) is 10.0 Å². The fourth-order valence-electron chi connectivity index (χ4n) is 3.47. The van der Waals surface area contributed by atoms with Gasteiger partial charge in [0.2, 0.25) is 5.78 Å². The molecule has 0 spiro atoms. The quantitative estimate of drug-likeness (QED) is 0.192. The van der Waals surface area contributed by atoms with Crippen molar-refractivity contribution in [1.82, 2.24) is 0 Å². The first kappa shape index (κ1) is 24.0. The summed E-state index contributed by atoms with van der Waals surface area (Å²) in [6.07, 6.45) is 1.43. The number of hydrogen-bond acceptors (Lipinski definition) is 3. The molecule has 0 atom stereocenters. The van der Waals surface area contributed by atoms with Crippen LogP contribution in [0.5, 0.6) is 0 Å². The molecule has 0 saturated heterocycles. The van der Waals surface area contributed by atoms with Crippen LogP contribution in [0, 0.1) is 0 Å². The number of Topliss-reactive ketones (excluding diaryl/α,β-unsaturated/α-hetero) is 1. The van der Waals surface area contributed by atoms with Gasteiger partial charge in [0.25, 0.3) is 0 Å². The van der Waals surface area contributed by atoms with Crippen LogP contribution in [0.4, 0.5) is 0 Å². The molecule has 34 heavy (non-hydrogen) atoms. The van der Waals surface area contributed by atoms with Gasteiger partial charge < -0.3 is 0 Å². The van der Waals surface area contributed by atoms with Gasteiger partial charge in [-0.3, -0.25) is 4.79 Å². The molecule has 4 aromatic carbocycles. The van der Waals surface area contributed by atoms with Gasteiger partial charge in [0.1, 0.15) is 4.91 Å². The molecule has 0 amide bonds. The molecule has 0 aliphatic carbocycles. The minimum absolute atomic E-state index is 0.247. The third-order valence-electron chi connectivity index (χ3n) is 5.25. The Hall–Kier alpha value is -3.18. The van der Waals surface area contributed by atoms with Gasteiger partial charge in [-0.1, -0.05) is 89.9 Å². The fraction of sp³-hybridized carbons (Fsp3) is 0.0357. The van der Waals surface area contributed by atoms with Crippen molar-refractivity contribution >= 4 is 44.9 Å². The Morgan fingerprint density at radius 1 is 0.676 bits per heavy atom. The highest BCUT2D eigenvalue weighted by Crippen LogP contribution is 2.25. The molecule has 0 N–H and O–H groups in total. The summed E-state index contributed by atoms with van der Waals surface area (Å²) >= 11 is 11.9. The predicted octanol–water partition coefficient (Wildman–Crippen LogP) is 7.50. The van der Waals surface area contributed by atoms with E-state index in [0.29, 0.717) is 21.2 Å². The SMILES string of the molecule is O=C(/C(=C\c1ccc(-c2ccccc2)cc1)S(=O)(=O)Cc1ccc(Cl)cc1)c1ccc(Cl)cc1. The van der Waals surface area contributed by atoms with E-state index in [0.717, 1.165) is 11.1 Å². The average Bonchev–Trinajstić information content (AvgIpc) is 2.85. The van der Waals surface area contributed by atoms with Crippen LogP contribution in [-0.2, 0) is 15.6 Å². The lowest BCUT2D eigenvalue weighted by molar-refractivity contribution is 0.104. The zero-order valence-electron chi connectivity index (χ0n) is 18.0. The summed E-state index contributed by atoms with van der Waals surface area (Å²) in [6, 6.07) is 29.9. The molecule has 6 heteroatoms. The first-order valence-corrected chi connectivity index (χ1v) is 12.9. The smallest absolute Gasteiger partial charge is 0.204 e. The number of benzene rings is 4. The lowest BCUT2D eigenvalue weighted by atomic mass is 10.0. The van der Waals surface area contributed by atoms with Crippen molar-refractivity contribution in [3.05, 3.63) is 135 Å². The van der Waals surface area contributed by atoms with Crippen LogP contribution >= 0.6 is 23.2 Å². The third-order valence-corrected chi connectivity index (χ3v) is 7.44. The molecule has 4 rings (SSSR count). The Morgan fingerprint density at radius 3 is 1.79 bits per heavy atom. The van der Waals surface area contributed by atoms with E-state index < -0.39 is 15.6 Å². The Bertz CT molecular complexity index is 1420. The highest BCUT2D eigenvalue weighted by Gasteiger charge is 2.26. The second-order valence-electron chi connectivity index (χ2n) is 7.72. The molecule has 0 radical (unpaired) electrons. The molecule has 4 aromatic rings. The number of ketones is 1. The lowest BCUT2D eigenvalue weighted by Crippen LogP contribution is -2.16. The topological polar surface area (TPSA) is 51.2 Å². The van der Waals surface area contributed by atoms with E-state index in [4.69, 9.17) is 23.2 Å². The highest BCUT2D eigenvalue weighted by atomic mass is 35.5. The fourth-order valence-corrected chi connectivity index (χ4v) is 5.23. The van der Waals surface area contributed by atoms with Gasteiger partial charge in [-0.05, 0) is 64.7 Å². The van der Waals surface area contributed by atoms with E-state index in [1.165, 1.54) is 18.2 Å². The molecule has 0 aliphatic heterocycles. The minimum Gasteiger partial charge on any atom is -0.288 e. The van der Waals surface area contributed by atoms with Crippen LogP contribution in [0.25, 0.3) is 17.2 Å². The van der Waals surface area contributed by atoms with Crippen LogP contribution in [0.15, 0.2) is 108 Å². The number of carbonyl (C=O) groups excluding carboxylic acids is 1. The van der Waals surface area contributed by atoms with Gasteiger partial charge in [0.15, 0.2) is 9.84 Å². The van der Waals surface area contributed by atoms with Crippen LogP contribution in [0.1, 0.15) is 21.5 Å². The van der Waals surface area contributed by atoms with Crippen molar-refractivity contribution in [3.63, 3.8) is 0 Å². The molecule has 0 heterocycles. The number of halogens is 2. The summed E-state index contributed by atoms with van der Waals surface area (Å²) in [7, 11) is -3.97. The highest BCUT2D eigenvalue weighted by molar-refractivity contribution is 7.95. The van der Waals surface area contributed by atoms with Crippen LogP contribution in [0.3, 0.4) is 0 Å². The van der Waals surface area contributed by atoms with Crippen molar-refractivity contribution < 1.29 is 13.2 Å². The summed E-state index contributed by atoms with van der Waals surface area (Å²) in [6.45, 7) is 0. The van der Waals surface area contributed by atoms with Crippen LogP contribution in [-0.4, -0.2) is 14.2 Å². The van der Waals surface area contributed by atoms with E-state index in [2.05, 4.69) is 0 Å². The van der Waals surface area contributed by atoms with Gasteiger partial charge in [-0.25, -0.2) is 8.42 Å². The molecular formula is C28H20Cl2O3S. The largest absolute Gasteiger partial charge is 0.288 e. The summed E-state index contributed by atoms with van der Waals surface area (Å²) in [5.41, 5.74) is 3.43. The average molecular weight is 507 g/mol. The molecule has 0 bridgehead atoms. The lowest BCUT2D eigenvalue weighted by Gasteiger charge is -2.10. The number of sulfone groups is 1. The van der Waals surface area contributed by atoms with Crippen molar-refractivity contribution in [3.8, 4) is 11.1 Å². The van der Waals surface area contributed by atoms with Gasteiger partial charge in [0, 0.05) is 15.6 Å². The van der Waals surface area contributed by atoms with E-state index in [1.807, 2.05) is 42.5 Å². The summed E-state index contributed by atoms with van der Waals surface area (Å²) in [4.78, 5) is 13.0. The molecule has 170 valence electrons. The molecule has 0 fully saturated rings. The molecule has 0 unspecified atom stereocenters. The van der Waals surface area contributed by atoms with E-state index in [-0.39, 0.29) is 16.2 Å². The predicted molar refractivity (Wildman–Crippen MR) is 140 cm³/mol. The number of carbonyl (C=O) groups is 1. The Morgan fingerprint density at radius 2 is 1.21 bits per heavy atom. The minimum atomic E-state index is -3.97. The number of allylic oxidation sites excluding steroid dienone is 1. The Balaban J connectivity index is 1.73. The summed E-state index contributed by atoms with van der Waals surface area (Å²) in [5.74, 6) is -0.907. The zero-order valence-corrected chi connectivity index (χ0v) is 20.3. The number of rotatable bonds is 7. The maximum atomic E-state index is 13.4. The van der Waals surface area contributed by atoms with E-state index >= 15 is 0 Å². The Kier molecular flexibility index (Phi) is 7.32. The van der Waals surface area contributed by atoms with Crippen molar-refractivity contribution in [2.75, 3.05) is 0 Å². The van der Waals surface area contributed by atoms with Crippen molar-refractivity contribution in [1.29, 1.82) is 0 Å². The Labute approximate surface area is 209 Å². The van der Waals surface area contributed by atoms with Gasteiger partial charge >= 0.3 is 0 Å². The first-order chi connectivity index (χ1) is 16.3. The van der Waals surface area contributed by atoms with Gasteiger partial charge in [-0.2, -0.15) is 0 Å². The molecular weight excluding hydrogens is 487 g/mol. The molecule has 0 aromatic heterocycles. The maximum absolute atomic E-state index is 13.4. The normalized spacial score (nSPS) is 11.9. The van der Waals surface area contributed by atoms with E-state index in [1.54, 1.807) is 48.5 Å².